The standard InChI is InChI=1S/C19H32N4O3S/c1-2-20-19(23-11-6-12-25-15-16-7-3-13-26-16)22-10-5-9-21-18(24)17-8-4-14-27-17/h4,8,14,16H,2-3,5-7,9-13,15H2,1H3,(H,21,24)(H2,20,22,23). The van der Waals surface area contributed by atoms with E-state index in [-0.39, 0.29) is 12.0 Å². The van der Waals surface area contributed by atoms with Crippen LogP contribution in [0.15, 0.2) is 22.5 Å². The van der Waals surface area contributed by atoms with Gasteiger partial charge in [0, 0.05) is 39.4 Å². The zero-order valence-corrected chi connectivity index (χ0v) is 17.0. The summed E-state index contributed by atoms with van der Waals surface area (Å²) in [7, 11) is 0. The maximum Gasteiger partial charge on any atom is 0.261 e. The van der Waals surface area contributed by atoms with E-state index < -0.39 is 0 Å². The van der Waals surface area contributed by atoms with Crippen LogP contribution in [0.25, 0.3) is 0 Å². The molecule has 0 spiro atoms. The molecule has 0 radical (unpaired) electrons. The number of nitrogens with zero attached hydrogens (tertiary/aromatic N) is 1. The smallest absolute Gasteiger partial charge is 0.261 e. The minimum Gasteiger partial charge on any atom is -0.379 e. The molecule has 1 aromatic heterocycles. The molecular formula is C19H32N4O3S. The molecule has 0 saturated carbocycles. The molecular weight excluding hydrogens is 364 g/mol. The molecule has 8 heteroatoms. The van der Waals surface area contributed by atoms with Crippen molar-refractivity contribution in [1.29, 1.82) is 0 Å². The third kappa shape index (κ3) is 9.21. The molecule has 0 bridgehead atoms. The number of hydrogen-bond acceptors (Lipinski definition) is 5. The van der Waals surface area contributed by atoms with Crippen LogP contribution in [0, 0.1) is 0 Å². The maximum absolute atomic E-state index is 11.8. The van der Waals surface area contributed by atoms with Crippen LogP contribution in [0.4, 0.5) is 0 Å². The van der Waals surface area contributed by atoms with Crippen molar-refractivity contribution in [3.8, 4) is 0 Å². The second-order valence-electron chi connectivity index (χ2n) is 6.34. The number of amides is 1. The molecule has 1 aliphatic heterocycles. The number of rotatable bonds is 12. The molecule has 2 heterocycles. The fourth-order valence-electron chi connectivity index (χ4n) is 2.68. The summed E-state index contributed by atoms with van der Waals surface area (Å²) in [4.78, 5) is 17.1. The molecule has 152 valence electrons. The number of thiophene rings is 1. The van der Waals surface area contributed by atoms with Gasteiger partial charge in [-0.25, -0.2) is 0 Å². The predicted molar refractivity (Wildman–Crippen MR) is 110 cm³/mol. The van der Waals surface area contributed by atoms with Crippen molar-refractivity contribution in [2.75, 3.05) is 46.0 Å². The highest BCUT2D eigenvalue weighted by molar-refractivity contribution is 7.12. The first-order chi connectivity index (χ1) is 13.3. The summed E-state index contributed by atoms with van der Waals surface area (Å²) in [6.07, 6.45) is 4.28. The summed E-state index contributed by atoms with van der Waals surface area (Å²) in [6.45, 7) is 7.25. The third-order valence-electron chi connectivity index (χ3n) is 4.07. The lowest BCUT2D eigenvalue weighted by molar-refractivity contribution is 0.0168. The minimum absolute atomic E-state index is 0.0120. The Balaban J connectivity index is 1.51. The van der Waals surface area contributed by atoms with Gasteiger partial charge in [0.2, 0.25) is 0 Å². The van der Waals surface area contributed by atoms with E-state index in [0.29, 0.717) is 19.7 Å². The maximum atomic E-state index is 11.8. The van der Waals surface area contributed by atoms with Gasteiger partial charge in [-0.05, 0) is 44.1 Å². The van der Waals surface area contributed by atoms with Gasteiger partial charge in [-0.2, -0.15) is 0 Å². The molecule has 1 saturated heterocycles. The van der Waals surface area contributed by atoms with Crippen LogP contribution in [0.2, 0.25) is 0 Å². The molecule has 1 fully saturated rings. The van der Waals surface area contributed by atoms with Crippen LogP contribution in [0.5, 0.6) is 0 Å². The largest absolute Gasteiger partial charge is 0.379 e. The van der Waals surface area contributed by atoms with E-state index in [1.165, 1.54) is 11.3 Å². The molecule has 2 rings (SSSR count). The Kier molecular flexibility index (Phi) is 10.8. The fourth-order valence-corrected chi connectivity index (χ4v) is 3.32. The first-order valence-electron chi connectivity index (χ1n) is 9.83. The van der Waals surface area contributed by atoms with E-state index in [1.807, 2.05) is 24.4 Å². The Labute approximate surface area is 165 Å². The molecule has 0 aromatic carbocycles. The number of ether oxygens (including phenoxy) is 2. The number of hydrogen-bond donors (Lipinski definition) is 3. The van der Waals surface area contributed by atoms with Gasteiger partial charge in [0.15, 0.2) is 5.96 Å². The number of carbonyl (C=O) groups excluding carboxylic acids is 1. The molecule has 3 N–H and O–H groups in total. The summed E-state index contributed by atoms with van der Waals surface area (Å²) in [6, 6.07) is 3.71. The van der Waals surface area contributed by atoms with E-state index in [4.69, 9.17) is 9.47 Å². The summed E-state index contributed by atoms with van der Waals surface area (Å²) in [5, 5.41) is 11.4. The van der Waals surface area contributed by atoms with E-state index in [2.05, 4.69) is 20.9 Å². The first kappa shape index (κ1) is 21.7. The van der Waals surface area contributed by atoms with Gasteiger partial charge >= 0.3 is 0 Å². The quantitative estimate of drug-likeness (QED) is 0.286. The predicted octanol–water partition coefficient (Wildman–Crippen LogP) is 2.01. The van der Waals surface area contributed by atoms with Crippen LogP contribution >= 0.6 is 11.3 Å². The summed E-state index contributed by atoms with van der Waals surface area (Å²) in [5.74, 6) is 0.795. The van der Waals surface area contributed by atoms with Crippen LogP contribution in [0.3, 0.4) is 0 Å². The number of aliphatic imine (C=N–C) groups is 1. The summed E-state index contributed by atoms with van der Waals surface area (Å²) in [5.41, 5.74) is 0. The molecule has 7 nitrogen and oxygen atoms in total. The topological polar surface area (TPSA) is 84.0 Å². The van der Waals surface area contributed by atoms with Crippen molar-refractivity contribution < 1.29 is 14.3 Å². The highest BCUT2D eigenvalue weighted by atomic mass is 32.1. The van der Waals surface area contributed by atoms with Crippen LogP contribution in [0.1, 0.15) is 42.3 Å². The number of guanidine groups is 1. The van der Waals surface area contributed by atoms with Gasteiger partial charge in [-0.1, -0.05) is 6.07 Å². The van der Waals surface area contributed by atoms with Crippen molar-refractivity contribution in [3.63, 3.8) is 0 Å². The highest BCUT2D eigenvalue weighted by Crippen LogP contribution is 2.11. The van der Waals surface area contributed by atoms with Crippen molar-refractivity contribution in [2.24, 2.45) is 4.99 Å². The highest BCUT2D eigenvalue weighted by Gasteiger charge is 2.14. The number of nitrogens with one attached hydrogen (secondary N) is 3. The summed E-state index contributed by atoms with van der Waals surface area (Å²) >= 11 is 1.45. The molecule has 27 heavy (non-hydrogen) atoms. The molecule has 0 aliphatic carbocycles. The Morgan fingerprint density at radius 2 is 2.22 bits per heavy atom. The first-order valence-corrected chi connectivity index (χ1v) is 10.7. The van der Waals surface area contributed by atoms with E-state index in [1.54, 1.807) is 0 Å². The van der Waals surface area contributed by atoms with E-state index >= 15 is 0 Å². The average Bonchev–Trinajstić information content (AvgIpc) is 3.37. The van der Waals surface area contributed by atoms with Gasteiger partial charge in [-0.15, -0.1) is 11.3 Å². The van der Waals surface area contributed by atoms with Crippen LogP contribution in [-0.4, -0.2) is 64.0 Å². The average molecular weight is 397 g/mol. The third-order valence-corrected chi connectivity index (χ3v) is 4.93. The second-order valence-corrected chi connectivity index (χ2v) is 7.29. The summed E-state index contributed by atoms with van der Waals surface area (Å²) < 4.78 is 11.2. The Bertz CT molecular complexity index is 545. The van der Waals surface area contributed by atoms with Crippen LogP contribution < -0.4 is 16.0 Å². The van der Waals surface area contributed by atoms with Crippen molar-refractivity contribution in [1.82, 2.24) is 16.0 Å². The SMILES string of the molecule is CCNC(=NCCCNC(=O)c1cccs1)NCCCOCC1CCCO1. The van der Waals surface area contributed by atoms with Crippen LogP contribution in [-0.2, 0) is 9.47 Å². The normalized spacial score (nSPS) is 17.1. The lowest BCUT2D eigenvalue weighted by Crippen LogP contribution is -2.38. The molecule has 1 unspecified atom stereocenters. The van der Waals surface area contributed by atoms with Gasteiger partial charge in [-0.3, -0.25) is 9.79 Å². The van der Waals surface area contributed by atoms with Gasteiger partial charge in [0.25, 0.3) is 5.91 Å². The van der Waals surface area contributed by atoms with Gasteiger partial charge < -0.3 is 25.4 Å². The van der Waals surface area contributed by atoms with Gasteiger partial charge in [0.05, 0.1) is 17.6 Å². The van der Waals surface area contributed by atoms with Crippen molar-refractivity contribution in [2.45, 2.75) is 38.7 Å². The molecule has 1 atom stereocenters. The molecule has 1 aliphatic rings. The Hall–Kier alpha value is -1.64. The fraction of sp³-hybridized carbons (Fsp3) is 0.684. The zero-order chi connectivity index (χ0) is 19.2. The number of carbonyl (C=O) groups is 1. The Morgan fingerprint density at radius 3 is 2.96 bits per heavy atom. The molecule has 1 aromatic rings. The Morgan fingerprint density at radius 1 is 1.33 bits per heavy atom. The lowest BCUT2D eigenvalue weighted by Gasteiger charge is -2.12. The van der Waals surface area contributed by atoms with Crippen molar-refractivity contribution in [3.05, 3.63) is 22.4 Å². The zero-order valence-electron chi connectivity index (χ0n) is 16.2. The lowest BCUT2D eigenvalue weighted by atomic mass is 10.2. The monoisotopic (exact) mass is 396 g/mol. The van der Waals surface area contributed by atoms with Gasteiger partial charge in [0.1, 0.15) is 0 Å². The van der Waals surface area contributed by atoms with E-state index in [0.717, 1.165) is 62.8 Å². The minimum atomic E-state index is -0.0120. The molecule has 1 amide bonds. The van der Waals surface area contributed by atoms with E-state index in [9.17, 15) is 4.79 Å². The second kappa shape index (κ2) is 13.5. The van der Waals surface area contributed by atoms with Crippen molar-refractivity contribution >= 4 is 23.2 Å².